The van der Waals surface area contributed by atoms with Crippen molar-refractivity contribution in [3.05, 3.63) is 11.1 Å². The summed E-state index contributed by atoms with van der Waals surface area (Å²) in [7, 11) is 0. The number of carbonyl (C=O) groups excluding carboxylic acids is 1. The van der Waals surface area contributed by atoms with Crippen molar-refractivity contribution in [1.82, 2.24) is 0 Å². The van der Waals surface area contributed by atoms with Crippen LogP contribution in [-0.2, 0) is 9.53 Å². The third-order valence-corrected chi connectivity index (χ3v) is 2.37. The van der Waals surface area contributed by atoms with Crippen LogP contribution in [0, 0.1) is 5.92 Å². The van der Waals surface area contributed by atoms with Crippen LogP contribution in [-0.4, -0.2) is 19.1 Å². The van der Waals surface area contributed by atoms with Gasteiger partial charge in [-0.25, -0.2) is 0 Å². The lowest BCUT2D eigenvalue weighted by Gasteiger charge is -2.24. The van der Waals surface area contributed by atoms with Crippen LogP contribution in [0.1, 0.15) is 20.3 Å². The molecule has 1 amide bonds. The molecule has 0 aliphatic carbocycles. The molecule has 0 radical (unpaired) electrons. The van der Waals surface area contributed by atoms with Crippen LogP contribution < -0.4 is 5.73 Å². The molecule has 0 saturated carbocycles. The van der Waals surface area contributed by atoms with Crippen molar-refractivity contribution in [3.63, 3.8) is 0 Å². The third-order valence-electron chi connectivity index (χ3n) is 2.37. The molecule has 2 N–H and O–H groups in total. The van der Waals surface area contributed by atoms with Crippen LogP contribution in [0.2, 0.25) is 0 Å². The van der Waals surface area contributed by atoms with Crippen molar-refractivity contribution < 1.29 is 9.53 Å². The molecule has 1 heterocycles. The van der Waals surface area contributed by atoms with E-state index in [4.69, 9.17) is 10.5 Å². The molecule has 1 rings (SSSR count). The van der Waals surface area contributed by atoms with E-state index < -0.39 is 0 Å². The third kappa shape index (κ3) is 2.08. The first-order chi connectivity index (χ1) is 5.61. The Morgan fingerprint density at radius 2 is 2.33 bits per heavy atom. The number of ether oxygens (including phenoxy) is 1. The standard InChI is InChI=1S/C9H15NO2/c1-6-4-12-5-8(7(6)2)3-9(10)11/h8H,3-5H2,1-2H3,(H2,10,11). The quantitative estimate of drug-likeness (QED) is 0.623. The summed E-state index contributed by atoms with van der Waals surface area (Å²) in [5, 5.41) is 0. The summed E-state index contributed by atoms with van der Waals surface area (Å²) in [6.07, 6.45) is 0.406. The molecular weight excluding hydrogens is 154 g/mol. The predicted octanol–water partition coefficient (Wildman–Crippen LogP) is 0.845. The van der Waals surface area contributed by atoms with Crippen LogP contribution in [0.5, 0.6) is 0 Å². The van der Waals surface area contributed by atoms with Crippen LogP contribution in [0.25, 0.3) is 0 Å². The molecule has 0 saturated heterocycles. The number of rotatable bonds is 2. The zero-order chi connectivity index (χ0) is 9.14. The van der Waals surface area contributed by atoms with Gasteiger partial charge in [-0.1, -0.05) is 5.57 Å². The number of carbonyl (C=O) groups is 1. The topological polar surface area (TPSA) is 52.3 Å². The molecule has 0 fully saturated rings. The molecular formula is C9H15NO2. The SMILES string of the molecule is CC1=C(C)C(CC(N)=O)COC1. The molecule has 3 nitrogen and oxygen atoms in total. The first-order valence-electron chi connectivity index (χ1n) is 4.13. The van der Waals surface area contributed by atoms with Crippen LogP contribution in [0.4, 0.5) is 0 Å². The van der Waals surface area contributed by atoms with E-state index in [-0.39, 0.29) is 11.8 Å². The minimum atomic E-state index is -0.252. The molecule has 12 heavy (non-hydrogen) atoms. The average molecular weight is 169 g/mol. The van der Waals surface area contributed by atoms with E-state index in [0.29, 0.717) is 19.6 Å². The highest BCUT2D eigenvalue weighted by Crippen LogP contribution is 2.23. The van der Waals surface area contributed by atoms with Crippen LogP contribution >= 0.6 is 0 Å². The maximum Gasteiger partial charge on any atom is 0.218 e. The molecule has 3 heteroatoms. The van der Waals surface area contributed by atoms with E-state index in [0.717, 1.165) is 0 Å². The van der Waals surface area contributed by atoms with Gasteiger partial charge in [0.2, 0.25) is 5.91 Å². The van der Waals surface area contributed by atoms with E-state index >= 15 is 0 Å². The molecule has 0 spiro atoms. The minimum absolute atomic E-state index is 0.205. The maximum absolute atomic E-state index is 10.7. The second kappa shape index (κ2) is 3.72. The Kier molecular flexibility index (Phi) is 2.87. The summed E-state index contributed by atoms with van der Waals surface area (Å²) in [6, 6.07) is 0. The summed E-state index contributed by atoms with van der Waals surface area (Å²) in [5.74, 6) is -0.0473. The molecule has 0 aromatic rings. The first-order valence-corrected chi connectivity index (χ1v) is 4.13. The summed E-state index contributed by atoms with van der Waals surface area (Å²) in [5.41, 5.74) is 7.61. The second-order valence-corrected chi connectivity index (χ2v) is 3.35. The summed E-state index contributed by atoms with van der Waals surface area (Å²) in [4.78, 5) is 10.7. The Balaban J connectivity index is 2.65. The van der Waals surface area contributed by atoms with Gasteiger partial charge in [0, 0.05) is 12.3 Å². The maximum atomic E-state index is 10.7. The van der Waals surface area contributed by atoms with Gasteiger partial charge in [0.15, 0.2) is 0 Å². The molecule has 0 aromatic heterocycles. The van der Waals surface area contributed by atoms with Crippen LogP contribution in [0.15, 0.2) is 11.1 Å². The Bertz CT molecular complexity index is 221. The molecule has 0 aromatic carbocycles. The lowest BCUT2D eigenvalue weighted by molar-refractivity contribution is -0.119. The fraction of sp³-hybridized carbons (Fsp3) is 0.667. The van der Waals surface area contributed by atoms with Crippen molar-refractivity contribution in [2.24, 2.45) is 11.7 Å². The largest absolute Gasteiger partial charge is 0.376 e. The van der Waals surface area contributed by atoms with E-state index in [1.165, 1.54) is 11.1 Å². The van der Waals surface area contributed by atoms with Crippen molar-refractivity contribution in [1.29, 1.82) is 0 Å². The second-order valence-electron chi connectivity index (χ2n) is 3.35. The first kappa shape index (κ1) is 9.26. The van der Waals surface area contributed by atoms with Gasteiger partial charge in [0.1, 0.15) is 0 Å². The van der Waals surface area contributed by atoms with Gasteiger partial charge >= 0.3 is 0 Å². The number of primary amides is 1. The number of hydrogen-bond acceptors (Lipinski definition) is 2. The Labute approximate surface area is 72.6 Å². The van der Waals surface area contributed by atoms with Gasteiger partial charge in [-0.2, -0.15) is 0 Å². The fourth-order valence-electron chi connectivity index (χ4n) is 1.40. The number of nitrogens with two attached hydrogens (primary N) is 1. The zero-order valence-electron chi connectivity index (χ0n) is 7.59. The highest BCUT2D eigenvalue weighted by atomic mass is 16.5. The summed E-state index contributed by atoms with van der Waals surface area (Å²) < 4.78 is 5.30. The lowest BCUT2D eigenvalue weighted by Crippen LogP contribution is -2.25. The molecule has 1 aliphatic rings. The van der Waals surface area contributed by atoms with Crippen molar-refractivity contribution >= 4 is 5.91 Å². The Hall–Kier alpha value is -0.830. The van der Waals surface area contributed by atoms with E-state index in [2.05, 4.69) is 0 Å². The van der Waals surface area contributed by atoms with Crippen molar-refractivity contribution in [2.45, 2.75) is 20.3 Å². The van der Waals surface area contributed by atoms with Gasteiger partial charge in [-0.3, -0.25) is 4.79 Å². The molecule has 1 atom stereocenters. The van der Waals surface area contributed by atoms with E-state index in [1.54, 1.807) is 0 Å². The van der Waals surface area contributed by atoms with E-state index in [1.807, 2.05) is 13.8 Å². The molecule has 1 aliphatic heterocycles. The Morgan fingerprint density at radius 1 is 1.67 bits per heavy atom. The molecule has 68 valence electrons. The van der Waals surface area contributed by atoms with Crippen molar-refractivity contribution in [3.8, 4) is 0 Å². The summed E-state index contributed by atoms with van der Waals surface area (Å²) in [6.45, 7) is 5.40. The van der Waals surface area contributed by atoms with Crippen molar-refractivity contribution in [2.75, 3.05) is 13.2 Å². The smallest absolute Gasteiger partial charge is 0.218 e. The normalized spacial score (nSPS) is 24.3. The number of amides is 1. The Morgan fingerprint density at radius 3 is 2.92 bits per heavy atom. The number of hydrogen-bond donors (Lipinski definition) is 1. The van der Waals surface area contributed by atoms with Gasteiger partial charge in [-0.15, -0.1) is 0 Å². The van der Waals surface area contributed by atoms with E-state index in [9.17, 15) is 4.79 Å². The van der Waals surface area contributed by atoms with Gasteiger partial charge in [-0.05, 0) is 19.4 Å². The van der Waals surface area contributed by atoms with Gasteiger partial charge in [0.05, 0.1) is 13.2 Å². The lowest BCUT2D eigenvalue weighted by atomic mass is 9.92. The summed E-state index contributed by atoms with van der Waals surface area (Å²) >= 11 is 0. The average Bonchev–Trinajstić information content (AvgIpc) is 1.98. The monoisotopic (exact) mass is 169 g/mol. The minimum Gasteiger partial charge on any atom is -0.376 e. The predicted molar refractivity (Wildman–Crippen MR) is 46.5 cm³/mol. The van der Waals surface area contributed by atoms with Gasteiger partial charge in [0.25, 0.3) is 0 Å². The highest BCUT2D eigenvalue weighted by molar-refractivity contribution is 5.74. The fourth-order valence-corrected chi connectivity index (χ4v) is 1.40. The zero-order valence-corrected chi connectivity index (χ0v) is 7.59. The molecule has 0 bridgehead atoms. The van der Waals surface area contributed by atoms with Gasteiger partial charge < -0.3 is 10.5 Å². The highest BCUT2D eigenvalue weighted by Gasteiger charge is 2.19. The molecule has 1 unspecified atom stereocenters. The van der Waals surface area contributed by atoms with Crippen LogP contribution in [0.3, 0.4) is 0 Å².